The van der Waals surface area contributed by atoms with Gasteiger partial charge in [-0.15, -0.1) is 0 Å². The number of carbonyl (C=O) groups excluding carboxylic acids is 1. The lowest BCUT2D eigenvalue weighted by Gasteiger charge is -2.06. The summed E-state index contributed by atoms with van der Waals surface area (Å²) in [5.74, 6) is -0.116. The second-order valence-corrected chi connectivity index (χ2v) is 5.43. The molecule has 2 N–H and O–H groups in total. The molecule has 0 aliphatic heterocycles. The Bertz CT molecular complexity index is 1010. The first kappa shape index (κ1) is 13.5. The van der Waals surface area contributed by atoms with Crippen molar-refractivity contribution in [2.75, 3.05) is 0 Å². The minimum atomic E-state index is -0.116. The summed E-state index contributed by atoms with van der Waals surface area (Å²) in [6, 6.07) is 11.5. The van der Waals surface area contributed by atoms with E-state index in [4.69, 9.17) is 0 Å². The second kappa shape index (κ2) is 5.24. The summed E-state index contributed by atoms with van der Waals surface area (Å²) in [6.07, 6.45) is 3.39. The van der Waals surface area contributed by atoms with Crippen LogP contribution in [0.4, 0.5) is 0 Å². The van der Waals surface area contributed by atoms with Gasteiger partial charge in [0.15, 0.2) is 0 Å². The number of aromatic amines is 1. The largest absolute Gasteiger partial charge is 0.347 e. The Balaban J connectivity index is 1.55. The molecule has 114 valence electrons. The third-order valence-electron chi connectivity index (χ3n) is 3.98. The predicted octanol–water partition coefficient (Wildman–Crippen LogP) is 2.38. The number of fused-ring (bicyclic) bond motifs is 2. The van der Waals surface area contributed by atoms with E-state index in [0.717, 1.165) is 27.6 Å². The van der Waals surface area contributed by atoms with Gasteiger partial charge in [0.2, 0.25) is 0 Å². The zero-order valence-electron chi connectivity index (χ0n) is 12.6. The van der Waals surface area contributed by atoms with Gasteiger partial charge in [0.1, 0.15) is 5.69 Å². The molecule has 0 saturated heterocycles. The Morgan fingerprint density at radius 2 is 2.13 bits per heavy atom. The molecule has 6 nitrogen and oxygen atoms in total. The molecule has 23 heavy (non-hydrogen) atoms. The van der Waals surface area contributed by atoms with E-state index in [2.05, 4.69) is 20.3 Å². The fraction of sp³-hybridized carbons (Fsp3) is 0.118. The molecule has 0 spiro atoms. The van der Waals surface area contributed by atoms with Crippen LogP contribution in [-0.4, -0.2) is 25.4 Å². The second-order valence-electron chi connectivity index (χ2n) is 5.43. The molecule has 4 aromatic rings. The molecule has 3 aromatic heterocycles. The summed E-state index contributed by atoms with van der Waals surface area (Å²) >= 11 is 0. The zero-order valence-corrected chi connectivity index (χ0v) is 12.6. The Labute approximate surface area is 132 Å². The van der Waals surface area contributed by atoms with Crippen molar-refractivity contribution in [3.05, 3.63) is 60.2 Å². The molecule has 0 fully saturated rings. The number of nitrogens with zero attached hydrogens (tertiary/aromatic N) is 3. The summed E-state index contributed by atoms with van der Waals surface area (Å²) in [7, 11) is 1.87. The number of hydrogen-bond donors (Lipinski definition) is 2. The number of rotatable bonds is 3. The van der Waals surface area contributed by atoms with E-state index >= 15 is 0 Å². The molecular formula is C17H15N5O. The van der Waals surface area contributed by atoms with E-state index in [1.807, 2.05) is 48.0 Å². The summed E-state index contributed by atoms with van der Waals surface area (Å²) in [5.41, 5.74) is 5.26. The van der Waals surface area contributed by atoms with Gasteiger partial charge >= 0.3 is 0 Å². The number of aryl methyl sites for hydroxylation is 1. The van der Waals surface area contributed by atoms with E-state index in [0.29, 0.717) is 12.2 Å². The maximum absolute atomic E-state index is 12.4. The highest BCUT2D eigenvalue weighted by Crippen LogP contribution is 2.16. The number of carbonyl (C=O) groups is 1. The molecule has 0 unspecified atom stereocenters. The molecule has 0 atom stereocenters. The van der Waals surface area contributed by atoms with Crippen molar-refractivity contribution in [3.63, 3.8) is 0 Å². The predicted molar refractivity (Wildman–Crippen MR) is 88.0 cm³/mol. The highest BCUT2D eigenvalue weighted by molar-refractivity contribution is 5.97. The third kappa shape index (κ3) is 2.34. The van der Waals surface area contributed by atoms with Gasteiger partial charge in [0.05, 0.1) is 28.4 Å². The molecule has 0 bridgehead atoms. The molecular weight excluding hydrogens is 290 g/mol. The maximum Gasteiger partial charge on any atom is 0.268 e. The summed E-state index contributed by atoms with van der Waals surface area (Å²) < 4.78 is 1.86. The average Bonchev–Trinajstić information content (AvgIpc) is 3.17. The topological polar surface area (TPSA) is 75.6 Å². The number of benzene rings is 1. The van der Waals surface area contributed by atoms with Crippen molar-refractivity contribution in [1.82, 2.24) is 24.8 Å². The van der Waals surface area contributed by atoms with E-state index in [9.17, 15) is 4.79 Å². The van der Waals surface area contributed by atoms with Crippen molar-refractivity contribution < 1.29 is 4.79 Å². The average molecular weight is 305 g/mol. The van der Waals surface area contributed by atoms with Crippen molar-refractivity contribution in [2.45, 2.75) is 6.54 Å². The van der Waals surface area contributed by atoms with Crippen LogP contribution in [0, 0.1) is 0 Å². The fourth-order valence-corrected chi connectivity index (χ4v) is 2.74. The van der Waals surface area contributed by atoms with Crippen LogP contribution in [0.1, 0.15) is 16.1 Å². The van der Waals surface area contributed by atoms with E-state index in [1.54, 1.807) is 12.5 Å². The van der Waals surface area contributed by atoms with Crippen molar-refractivity contribution in [3.8, 4) is 0 Å². The lowest BCUT2D eigenvalue weighted by Crippen LogP contribution is -2.24. The van der Waals surface area contributed by atoms with Crippen LogP contribution in [0.25, 0.3) is 22.1 Å². The van der Waals surface area contributed by atoms with Gasteiger partial charge in [0.25, 0.3) is 5.91 Å². The normalized spacial score (nSPS) is 11.2. The lowest BCUT2D eigenvalue weighted by molar-refractivity contribution is 0.0943. The van der Waals surface area contributed by atoms with E-state index < -0.39 is 0 Å². The summed E-state index contributed by atoms with van der Waals surface area (Å²) in [6.45, 7) is 0.461. The fourth-order valence-electron chi connectivity index (χ4n) is 2.74. The third-order valence-corrected chi connectivity index (χ3v) is 3.98. The molecule has 6 heteroatoms. The lowest BCUT2D eigenvalue weighted by atomic mass is 10.2. The van der Waals surface area contributed by atoms with Gasteiger partial charge in [-0.25, -0.2) is 4.98 Å². The van der Waals surface area contributed by atoms with Gasteiger partial charge in [-0.05, 0) is 35.9 Å². The summed E-state index contributed by atoms with van der Waals surface area (Å²) in [5, 5.41) is 2.95. The molecule has 1 amide bonds. The summed E-state index contributed by atoms with van der Waals surface area (Å²) in [4.78, 5) is 24.0. The first-order valence-electron chi connectivity index (χ1n) is 7.33. The number of amides is 1. The van der Waals surface area contributed by atoms with Crippen LogP contribution in [0.3, 0.4) is 0 Å². The zero-order chi connectivity index (χ0) is 15.8. The molecule has 0 aliphatic rings. The Kier molecular flexibility index (Phi) is 3.08. The van der Waals surface area contributed by atoms with Crippen LogP contribution in [-0.2, 0) is 13.6 Å². The highest BCUT2D eigenvalue weighted by Gasteiger charge is 2.13. The van der Waals surface area contributed by atoms with Gasteiger partial charge < -0.3 is 14.9 Å². The van der Waals surface area contributed by atoms with Crippen molar-refractivity contribution in [1.29, 1.82) is 0 Å². The standard InChI is InChI=1S/C17H15N5O/c1-22-15-3-2-6-18-14(15)8-16(22)17(23)19-9-11-4-5-12-13(7-11)21-10-20-12/h2-8,10H,9H2,1H3,(H,19,23)(H,20,21). The number of aromatic nitrogens is 4. The van der Waals surface area contributed by atoms with Crippen molar-refractivity contribution >= 4 is 28.0 Å². The first-order chi connectivity index (χ1) is 11.2. The maximum atomic E-state index is 12.4. The Hall–Kier alpha value is -3.15. The number of H-pyrrole nitrogens is 1. The molecule has 4 rings (SSSR count). The number of pyridine rings is 1. The van der Waals surface area contributed by atoms with Crippen LogP contribution in [0.5, 0.6) is 0 Å². The molecule has 0 saturated carbocycles. The SMILES string of the molecule is Cn1c(C(=O)NCc2ccc3nc[nH]c3c2)cc2ncccc21. The van der Waals surface area contributed by atoms with Gasteiger partial charge in [-0.1, -0.05) is 6.07 Å². The molecule has 1 aromatic carbocycles. The molecule has 0 radical (unpaired) electrons. The van der Waals surface area contributed by atoms with E-state index in [-0.39, 0.29) is 5.91 Å². The molecule has 0 aliphatic carbocycles. The van der Waals surface area contributed by atoms with Crippen LogP contribution in [0.2, 0.25) is 0 Å². The van der Waals surface area contributed by atoms with Crippen molar-refractivity contribution in [2.24, 2.45) is 7.05 Å². The number of hydrogen-bond acceptors (Lipinski definition) is 3. The Morgan fingerprint density at radius 3 is 3.00 bits per heavy atom. The van der Waals surface area contributed by atoms with Gasteiger partial charge in [-0.3, -0.25) is 9.78 Å². The number of imidazole rings is 1. The smallest absolute Gasteiger partial charge is 0.268 e. The van der Waals surface area contributed by atoms with Gasteiger partial charge in [-0.2, -0.15) is 0 Å². The van der Waals surface area contributed by atoms with E-state index in [1.165, 1.54) is 0 Å². The van der Waals surface area contributed by atoms with Crippen LogP contribution >= 0.6 is 0 Å². The first-order valence-corrected chi connectivity index (χ1v) is 7.33. The Morgan fingerprint density at radius 1 is 1.22 bits per heavy atom. The number of nitrogens with one attached hydrogen (secondary N) is 2. The minimum absolute atomic E-state index is 0.116. The van der Waals surface area contributed by atoms with Gasteiger partial charge in [0, 0.05) is 19.8 Å². The minimum Gasteiger partial charge on any atom is -0.347 e. The quantitative estimate of drug-likeness (QED) is 0.610. The van der Waals surface area contributed by atoms with Crippen LogP contribution < -0.4 is 5.32 Å². The van der Waals surface area contributed by atoms with Crippen LogP contribution in [0.15, 0.2) is 48.9 Å². The monoisotopic (exact) mass is 305 g/mol. The highest BCUT2D eigenvalue weighted by atomic mass is 16.1. The molecule has 3 heterocycles.